The maximum atomic E-state index is 13.3. The molecule has 0 radical (unpaired) electrons. The standard InChI is InChI=1S/C22H26F2N4O2/c1-3-14(2)25-21(29)17-12-15(7-9-20(17)28-10-4-5-11-28)26-22(30)27-16-6-8-18(23)19(24)13-16/h6-9,12-14H,3-5,10-11H2,1-2H3,(H,25,29)(H2,26,27,30). The molecule has 0 spiro atoms. The third kappa shape index (κ3) is 5.25. The van der Waals surface area contributed by atoms with Crippen molar-refractivity contribution in [3.63, 3.8) is 0 Å². The maximum Gasteiger partial charge on any atom is 0.323 e. The second-order valence-electron chi connectivity index (χ2n) is 7.42. The van der Waals surface area contributed by atoms with Crippen molar-refractivity contribution in [3.8, 4) is 0 Å². The number of carbonyl (C=O) groups excluding carboxylic acids is 2. The highest BCUT2D eigenvalue weighted by Crippen LogP contribution is 2.28. The fourth-order valence-electron chi connectivity index (χ4n) is 3.30. The first kappa shape index (κ1) is 21.5. The summed E-state index contributed by atoms with van der Waals surface area (Å²) in [5.74, 6) is -2.24. The Hall–Kier alpha value is -3.16. The molecule has 1 unspecified atom stereocenters. The van der Waals surface area contributed by atoms with E-state index in [0.717, 1.165) is 50.2 Å². The van der Waals surface area contributed by atoms with E-state index < -0.39 is 17.7 Å². The third-order valence-electron chi connectivity index (χ3n) is 5.11. The zero-order chi connectivity index (χ0) is 21.7. The molecule has 1 fully saturated rings. The second-order valence-corrected chi connectivity index (χ2v) is 7.42. The lowest BCUT2D eigenvalue weighted by molar-refractivity contribution is 0.0939. The topological polar surface area (TPSA) is 73.5 Å². The molecule has 0 aromatic heterocycles. The average molecular weight is 416 g/mol. The average Bonchev–Trinajstić information content (AvgIpc) is 3.25. The van der Waals surface area contributed by atoms with Crippen LogP contribution in [0, 0.1) is 11.6 Å². The van der Waals surface area contributed by atoms with Gasteiger partial charge in [0.2, 0.25) is 0 Å². The van der Waals surface area contributed by atoms with Gasteiger partial charge in [-0.1, -0.05) is 6.92 Å². The molecule has 8 heteroatoms. The molecule has 3 rings (SSSR count). The molecule has 30 heavy (non-hydrogen) atoms. The highest BCUT2D eigenvalue weighted by Gasteiger charge is 2.21. The van der Waals surface area contributed by atoms with Gasteiger partial charge in [0.1, 0.15) is 0 Å². The van der Waals surface area contributed by atoms with Crippen LogP contribution in [0.25, 0.3) is 0 Å². The third-order valence-corrected chi connectivity index (χ3v) is 5.11. The van der Waals surface area contributed by atoms with E-state index in [4.69, 9.17) is 0 Å². The van der Waals surface area contributed by atoms with Gasteiger partial charge in [-0.3, -0.25) is 4.79 Å². The number of carbonyl (C=O) groups is 2. The summed E-state index contributed by atoms with van der Waals surface area (Å²) in [5, 5.41) is 8.06. The summed E-state index contributed by atoms with van der Waals surface area (Å²) in [6, 6.07) is 7.68. The van der Waals surface area contributed by atoms with Crippen LogP contribution in [0.3, 0.4) is 0 Å². The molecule has 0 saturated carbocycles. The molecule has 2 aromatic rings. The molecule has 1 heterocycles. The fraction of sp³-hybridized carbons (Fsp3) is 0.364. The lowest BCUT2D eigenvalue weighted by Gasteiger charge is -2.23. The summed E-state index contributed by atoms with van der Waals surface area (Å²) < 4.78 is 26.4. The number of halogens is 2. The summed E-state index contributed by atoms with van der Waals surface area (Å²) in [7, 11) is 0. The van der Waals surface area contributed by atoms with Gasteiger partial charge in [-0.25, -0.2) is 13.6 Å². The highest BCUT2D eigenvalue weighted by atomic mass is 19.2. The van der Waals surface area contributed by atoms with Crippen LogP contribution in [0.5, 0.6) is 0 Å². The van der Waals surface area contributed by atoms with Crippen LogP contribution in [-0.2, 0) is 0 Å². The number of amides is 3. The summed E-state index contributed by atoms with van der Waals surface area (Å²) in [5.41, 5.74) is 1.87. The van der Waals surface area contributed by atoms with Crippen LogP contribution in [0.1, 0.15) is 43.5 Å². The minimum absolute atomic E-state index is 0.0252. The number of anilines is 3. The van der Waals surface area contributed by atoms with Crippen LogP contribution >= 0.6 is 0 Å². The predicted octanol–water partition coefficient (Wildman–Crippen LogP) is 4.74. The smallest absolute Gasteiger partial charge is 0.323 e. The lowest BCUT2D eigenvalue weighted by atomic mass is 10.1. The molecule has 0 aliphatic carbocycles. The first-order valence-corrected chi connectivity index (χ1v) is 10.1. The van der Waals surface area contributed by atoms with Gasteiger partial charge in [-0.05, 0) is 56.5 Å². The van der Waals surface area contributed by atoms with E-state index in [0.29, 0.717) is 11.3 Å². The number of benzene rings is 2. The molecular weight excluding hydrogens is 390 g/mol. The van der Waals surface area contributed by atoms with Crippen molar-refractivity contribution < 1.29 is 18.4 Å². The Morgan fingerprint density at radius 1 is 1.00 bits per heavy atom. The summed E-state index contributed by atoms with van der Waals surface area (Å²) in [4.78, 5) is 27.3. The fourth-order valence-corrected chi connectivity index (χ4v) is 3.30. The van der Waals surface area contributed by atoms with E-state index in [1.807, 2.05) is 19.9 Å². The van der Waals surface area contributed by atoms with E-state index >= 15 is 0 Å². The van der Waals surface area contributed by atoms with Crippen molar-refractivity contribution in [1.29, 1.82) is 0 Å². The Balaban J connectivity index is 1.78. The zero-order valence-corrected chi connectivity index (χ0v) is 17.1. The molecule has 160 valence electrons. The van der Waals surface area contributed by atoms with Gasteiger partial charge >= 0.3 is 6.03 Å². The van der Waals surface area contributed by atoms with Crippen LogP contribution in [0.15, 0.2) is 36.4 Å². The second kappa shape index (κ2) is 9.56. The Kier molecular flexibility index (Phi) is 6.87. The van der Waals surface area contributed by atoms with Gasteiger partial charge in [-0.2, -0.15) is 0 Å². The van der Waals surface area contributed by atoms with Crippen molar-refractivity contribution in [2.45, 2.75) is 39.2 Å². The molecule has 3 amide bonds. The van der Waals surface area contributed by atoms with Crippen LogP contribution in [0.2, 0.25) is 0 Å². The van der Waals surface area contributed by atoms with Crippen molar-refractivity contribution in [2.75, 3.05) is 28.6 Å². The molecule has 2 aromatic carbocycles. The maximum absolute atomic E-state index is 13.3. The molecule has 1 aliphatic heterocycles. The van der Waals surface area contributed by atoms with Crippen molar-refractivity contribution in [2.24, 2.45) is 0 Å². The number of urea groups is 1. The number of hydrogen-bond acceptors (Lipinski definition) is 3. The SMILES string of the molecule is CCC(C)NC(=O)c1cc(NC(=O)Nc2ccc(F)c(F)c2)ccc1N1CCCC1. The molecule has 3 N–H and O–H groups in total. The summed E-state index contributed by atoms with van der Waals surface area (Å²) in [6.07, 6.45) is 2.95. The molecule has 0 bridgehead atoms. The number of nitrogens with zero attached hydrogens (tertiary/aromatic N) is 1. The van der Waals surface area contributed by atoms with Crippen LogP contribution < -0.4 is 20.9 Å². The lowest BCUT2D eigenvalue weighted by Crippen LogP contribution is -2.33. The van der Waals surface area contributed by atoms with Crippen molar-refractivity contribution >= 4 is 29.0 Å². The number of hydrogen-bond donors (Lipinski definition) is 3. The quantitative estimate of drug-likeness (QED) is 0.637. The monoisotopic (exact) mass is 416 g/mol. The van der Waals surface area contributed by atoms with Gasteiger partial charge in [0.25, 0.3) is 5.91 Å². The van der Waals surface area contributed by atoms with Crippen LogP contribution in [-0.4, -0.2) is 31.1 Å². The molecule has 1 aliphatic rings. The van der Waals surface area contributed by atoms with Gasteiger partial charge in [0, 0.05) is 42.3 Å². The van der Waals surface area contributed by atoms with E-state index in [2.05, 4.69) is 20.9 Å². The Labute approximate surface area is 174 Å². The molecule has 1 saturated heterocycles. The molecular formula is C22H26F2N4O2. The number of nitrogens with one attached hydrogen (secondary N) is 3. The van der Waals surface area contributed by atoms with Gasteiger partial charge in [-0.15, -0.1) is 0 Å². The van der Waals surface area contributed by atoms with Crippen molar-refractivity contribution in [1.82, 2.24) is 5.32 Å². The summed E-state index contributed by atoms with van der Waals surface area (Å²) >= 11 is 0. The largest absolute Gasteiger partial charge is 0.371 e. The van der Waals surface area contributed by atoms with Gasteiger partial charge in [0.05, 0.1) is 5.56 Å². The molecule has 1 atom stereocenters. The zero-order valence-electron chi connectivity index (χ0n) is 17.1. The minimum Gasteiger partial charge on any atom is -0.371 e. The van der Waals surface area contributed by atoms with E-state index in [9.17, 15) is 18.4 Å². The van der Waals surface area contributed by atoms with Crippen LogP contribution in [0.4, 0.5) is 30.6 Å². The Morgan fingerprint density at radius 3 is 2.27 bits per heavy atom. The Bertz CT molecular complexity index is 929. The van der Waals surface area contributed by atoms with E-state index in [1.54, 1.807) is 12.1 Å². The first-order valence-electron chi connectivity index (χ1n) is 10.1. The van der Waals surface area contributed by atoms with Gasteiger partial charge in [0.15, 0.2) is 11.6 Å². The van der Waals surface area contributed by atoms with Gasteiger partial charge < -0.3 is 20.9 Å². The van der Waals surface area contributed by atoms with E-state index in [-0.39, 0.29) is 17.6 Å². The Morgan fingerprint density at radius 2 is 1.63 bits per heavy atom. The predicted molar refractivity (Wildman–Crippen MR) is 114 cm³/mol. The minimum atomic E-state index is -1.05. The molecule has 6 nitrogen and oxygen atoms in total. The van der Waals surface area contributed by atoms with E-state index in [1.165, 1.54) is 6.07 Å². The summed E-state index contributed by atoms with van der Waals surface area (Å²) in [6.45, 7) is 5.69. The van der Waals surface area contributed by atoms with Crippen molar-refractivity contribution in [3.05, 3.63) is 53.6 Å². The highest BCUT2D eigenvalue weighted by molar-refractivity contribution is 6.04. The first-order chi connectivity index (χ1) is 14.4. The normalized spacial score (nSPS) is 14.3. The number of rotatable bonds is 6.